The molecule has 0 spiro atoms. The minimum Gasteiger partial charge on any atom is -0.353 e. The summed E-state index contributed by atoms with van der Waals surface area (Å²) in [5, 5.41) is 7.73. The smallest absolute Gasteiger partial charge is 0.280 e. The van der Waals surface area contributed by atoms with Crippen LogP contribution >= 0.6 is 0 Å². The number of hydrogen-bond donors (Lipinski definition) is 1. The molecule has 0 saturated heterocycles. The van der Waals surface area contributed by atoms with Crippen molar-refractivity contribution in [3.63, 3.8) is 0 Å². The number of aromatic nitrogens is 4. The van der Waals surface area contributed by atoms with Crippen LogP contribution < -0.4 is 10.9 Å². The lowest BCUT2D eigenvalue weighted by atomic mass is 9.96. The van der Waals surface area contributed by atoms with Gasteiger partial charge in [-0.25, -0.2) is 4.98 Å². The van der Waals surface area contributed by atoms with Crippen LogP contribution in [0.15, 0.2) is 4.79 Å². The third-order valence-corrected chi connectivity index (χ3v) is 4.17. The first-order valence-electron chi connectivity index (χ1n) is 7.25. The van der Waals surface area contributed by atoms with Crippen LogP contribution in [0.3, 0.4) is 0 Å². The van der Waals surface area contributed by atoms with E-state index in [2.05, 4.69) is 15.4 Å². The van der Waals surface area contributed by atoms with Gasteiger partial charge in [0.25, 0.3) is 5.56 Å². The molecule has 2 aromatic heterocycles. The summed E-state index contributed by atoms with van der Waals surface area (Å²) in [6, 6.07) is 0.427. The zero-order chi connectivity index (χ0) is 14.3. The van der Waals surface area contributed by atoms with Crippen molar-refractivity contribution in [2.45, 2.75) is 45.1 Å². The van der Waals surface area contributed by atoms with Gasteiger partial charge >= 0.3 is 0 Å². The van der Waals surface area contributed by atoms with E-state index in [-0.39, 0.29) is 5.56 Å². The van der Waals surface area contributed by atoms with E-state index < -0.39 is 0 Å². The molecule has 1 N–H and O–H groups in total. The Balaban J connectivity index is 2.05. The van der Waals surface area contributed by atoms with Crippen molar-refractivity contribution in [3.8, 4) is 0 Å². The molecule has 2 heterocycles. The Morgan fingerprint density at radius 1 is 1.20 bits per heavy atom. The second kappa shape index (κ2) is 4.92. The van der Waals surface area contributed by atoms with E-state index in [4.69, 9.17) is 0 Å². The highest BCUT2D eigenvalue weighted by Gasteiger charge is 2.18. The molecule has 6 heteroatoms. The minimum absolute atomic E-state index is 0.0450. The van der Waals surface area contributed by atoms with Crippen LogP contribution in [0.2, 0.25) is 0 Å². The van der Waals surface area contributed by atoms with Gasteiger partial charge in [-0.2, -0.15) is 5.10 Å². The number of aryl methyl sites for hydroxylation is 2. The van der Waals surface area contributed by atoms with Crippen molar-refractivity contribution in [1.82, 2.24) is 19.3 Å². The molecule has 1 aliphatic carbocycles. The van der Waals surface area contributed by atoms with E-state index in [0.29, 0.717) is 23.0 Å². The van der Waals surface area contributed by atoms with Gasteiger partial charge in [0, 0.05) is 20.1 Å². The quantitative estimate of drug-likeness (QED) is 0.906. The Labute approximate surface area is 117 Å². The molecule has 0 radical (unpaired) electrons. The fraction of sp³-hybridized carbons (Fsp3) is 0.643. The zero-order valence-corrected chi connectivity index (χ0v) is 12.3. The van der Waals surface area contributed by atoms with Crippen LogP contribution in [0.1, 0.15) is 37.8 Å². The number of nitrogens with zero attached hydrogens (tertiary/aromatic N) is 4. The highest BCUT2D eigenvalue weighted by atomic mass is 16.1. The van der Waals surface area contributed by atoms with Gasteiger partial charge in [-0.3, -0.25) is 14.0 Å². The van der Waals surface area contributed by atoms with Crippen LogP contribution in [0.25, 0.3) is 11.0 Å². The van der Waals surface area contributed by atoms with Crippen LogP contribution in [0.5, 0.6) is 0 Å². The number of fused-ring (bicyclic) bond motifs is 1. The van der Waals surface area contributed by atoms with E-state index in [1.165, 1.54) is 19.3 Å². The Morgan fingerprint density at radius 3 is 2.60 bits per heavy atom. The number of hydrogen-bond acceptors (Lipinski definition) is 4. The normalized spacial score (nSPS) is 16.8. The average Bonchev–Trinajstić information content (AvgIpc) is 2.72. The maximum Gasteiger partial charge on any atom is 0.280 e. The molecule has 1 aliphatic rings. The lowest BCUT2D eigenvalue weighted by molar-refractivity contribution is 0.459. The predicted octanol–water partition coefficient (Wildman–Crippen LogP) is 1.72. The van der Waals surface area contributed by atoms with Crippen LogP contribution in [-0.4, -0.2) is 25.4 Å². The van der Waals surface area contributed by atoms with Gasteiger partial charge in [0.1, 0.15) is 5.52 Å². The second-order valence-electron chi connectivity index (χ2n) is 5.69. The summed E-state index contributed by atoms with van der Waals surface area (Å²) in [6.45, 7) is 1.89. The molecule has 0 atom stereocenters. The van der Waals surface area contributed by atoms with Crippen LogP contribution in [0, 0.1) is 6.92 Å². The Kier molecular flexibility index (Phi) is 3.23. The third kappa shape index (κ3) is 2.09. The SMILES string of the molecule is Cc1nn(C)c2c(=O)n(C)c(NC3CCCCC3)nc12. The van der Waals surface area contributed by atoms with E-state index >= 15 is 0 Å². The minimum atomic E-state index is -0.0450. The summed E-state index contributed by atoms with van der Waals surface area (Å²) < 4.78 is 3.21. The molecule has 108 valence electrons. The lowest BCUT2D eigenvalue weighted by Crippen LogP contribution is -2.29. The van der Waals surface area contributed by atoms with Gasteiger partial charge in [0.05, 0.1) is 5.69 Å². The maximum absolute atomic E-state index is 12.4. The molecule has 0 unspecified atom stereocenters. The number of anilines is 1. The van der Waals surface area contributed by atoms with Gasteiger partial charge in [-0.05, 0) is 19.8 Å². The van der Waals surface area contributed by atoms with Crippen LogP contribution in [-0.2, 0) is 14.1 Å². The van der Waals surface area contributed by atoms with E-state index in [0.717, 1.165) is 18.5 Å². The van der Waals surface area contributed by atoms with Crippen molar-refractivity contribution in [1.29, 1.82) is 0 Å². The molecule has 1 fully saturated rings. The van der Waals surface area contributed by atoms with E-state index in [1.54, 1.807) is 23.3 Å². The predicted molar refractivity (Wildman–Crippen MR) is 79.0 cm³/mol. The van der Waals surface area contributed by atoms with Crippen molar-refractivity contribution in [2.75, 3.05) is 5.32 Å². The molecule has 6 nitrogen and oxygen atoms in total. The first-order valence-corrected chi connectivity index (χ1v) is 7.25. The van der Waals surface area contributed by atoms with Gasteiger partial charge in [0.2, 0.25) is 5.95 Å². The Morgan fingerprint density at radius 2 is 1.90 bits per heavy atom. The van der Waals surface area contributed by atoms with Gasteiger partial charge in [-0.15, -0.1) is 0 Å². The highest BCUT2D eigenvalue weighted by Crippen LogP contribution is 2.21. The summed E-state index contributed by atoms with van der Waals surface area (Å²) >= 11 is 0. The Hall–Kier alpha value is -1.85. The monoisotopic (exact) mass is 275 g/mol. The topological polar surface area (TPSA) is 64.7 Å². The molecule has 0 amide bonds. The number of rotatable bonds is 2. The first kappa shape index (κ1) is 13.1. The summed E-state index contributed by atoms with van der Waals surface area (Å²) in [6.07, 6.45) is 6.12. The van der Waals surface area contributed by atoms with Crippen molar-refractivity contribution >= 4 is 17.0 Å². The van der Waals surface area contributed by atoms with E-state index in [9.17, 15) is 4.79 Å². The largest absolute Gasteiger partial charge is 0.353 e. The molecule has 20 heavy (non-hydrogen) atoms. The fourth-order valence-corrected chi connectivity index (χ4v) is 3.02. The lowest BCUT2D eigenvalue weighted by Gasteiger charge is -2.24. The zero-order valence-electron chi connectivity index (χ0n) is 12.3. The molecule has 0 bridgehead atoms. The Bertz CT molecular complexity index is 694. The summed E-state index contributed by atoms with van der Waals surface area (Å²) in [7, 11) is 3.55. The molecule has 3 rings (SSSR count). The maximum atomic E-state index is 12.4. The highest BCUT2D eigenvalue weighted by molar-refractivity contribution is 5.77. The molecular weight excluding hydrogens is 254 g/mol. The van der Waals surface area contributed by atoms with Gasteiger partial charge in [-0.1, -0.05) is 19.3 Å². The summed E-state index contributed by atoms with van der Waals surface area (Å²) in [4.78, 5) is 17.1. The van der Waals surface area contributed by atoms with Crippen LogP contribution in [0.4, 0.5) is 5.95 Å². The first-order chi connectivity index (χ1) is 9.58. The molecular formula is C14H21N5O. The van der Waals surface area contributed by atoms with Crippen molar-refractivity contribution in [2.24, 2.45) is 14.1 Å². The van der Waals surface area contributed by atoms with Gasteiger partial charge < -0.3 is 5.32 Å². The average molecular weight is 275 g/mol. The third-order valence-electron chi connectivity index (χ3n) is 4.17. The summed E-state index contributed by atoms with van der Waals surface area (Å²) in [5.41, 5.74) is 2.02. The van der Waals surface area contributed by atoms with Gasteiger partial charge in [0.15, 0.2) is 5.52 Å². The molecule has 0 aromatic carbocycles. The summed E-state index contributed by atoms with van der Waals surface area (Å²) in [5.74, 6) is 0.658. The molecule has 1 saturated carbocycles. The van der Waals surface area contributed by atoms with E-state index in [1.807, 2.05) is 6.92 Å². The standard InChI is InChI=1S/C14H21N5O/c1-9-11-12(19(3)17-9)13(20)18(2)14(16-11)15-10-7-5-4-6-8-10/h10H,4-8H2,1-3H3,(H,15,16). The second-order valence-corrected chi connectivity index (χ2v) is 5.69. The number of nitrogens with one attached hydrogen (secondary N) is 1. The van der Waals surface area contributed by atoms with Crippen molar-refractivity contribution in [3.05, 3.63) is 16.0 Å². The molecule has 0 aliphatic heterocycles. The molecule has 2 aromatic rings. The fourth-order valence-electron chi connectivity index (χ4n) is 3.02. The van der Waals surface area contributed by atoms with Crippen molar-refractivity contribution < 1.29 is 0 Å².